The molecule has 25 heavy (non-hydrogen) atoms. The van der Waals surface area contributed by atoms with E-state index in [4.69, 9.17) is 11.6 Å². The molecule has 134 valence electrons. The molecule has 6 nitrogen and oxygen atoms in total. The van der Waals surface area contributed by atoms with E-state index in [-0.39, 0.29) is 15.6 Å². The van der Waals surface area contributed by atoms with Gasteiger partial charge in [-0.15, -0.1) is 0 Å². The van der Waals surface area contributed by atoms with Gasteiger partial charge >= 0.3 is 0 Å². The minimum atomic E-state index is -3.70. The summed E-state index contributed by atoms with van der Waals surface area (Å²) in [4.78, 5) is 16.4. The van der Waals surface area contributed by atoms with Gasteiger partial charge in [-0.25, -0.2) is 13.4 Å². The maximum atomic E-state index is 12.7. The van der Waals surface area contributed by atoms with Gasteiger partial charge in [-0.2, -0.15) is 4.31 Å². The van der Waals surface area contributed by atoms with Crippen LogP contribution in [-0.2, 0) is 10.0 Å². The Balaban J connectivity index is 2.39. The summed E-state index contributed by atoms with van der Waals surface area (Å²) in [6, 6.07) is 7.66. The van der Waals surface area contributed by atoms with E-state index in [0.29, 0.717) is 23.2 Å². The van der Waals surface area contributed by atoms with Crippen LogP contribution in [0.25, 0.3) is 0 Å². The van der Waals surface area contributed by atoms with E-state index in [1.165, 1.54) is 28.7 Å². The summed E-state index contributed by atoms with van der Waals surface area (Å²) >= 11 is 9.18. The summed E-state index contributed by atoms with van der Waals surface area (Å²) < 4.78 is 27.2. The van der Waals surface area contributed by atoms with E-state index >= 15 is 0 Å². The quantitative estimate of drug-likeness (QED) is 0.685. The topological polar surface area (TPSA) is 79.4 Å². The summed E-state index contributed by atoms with van der Waals surface area (Å²) in [7, 11) is -3.70. The Bertz CT molecular complexity index is 886. The molecule has 1 amide bonds. The first-order valence-corrected chi connectivity index (χ1v) is 10.1. The van der Waals surface area contributed by atoms with E-state index in [2.05, 4.69) is 26.2 Å². The van der Waals surface area contributed by atoms with Crippen molar-refractivity contribution in [2.75, 3.05) is 18.4 Å². The van der Waals surface area contributed by atoms with Crippen LogP contribution in [0.4, 0.5) is 5.69 Å². The number of sulfonamides is 1. The fourth-order valence-electron chi connectivity index (χ4n) is 2.22. The lowest BCUT2D eigenvalue weighted by molar-refractivity contribution is 0.102. The molecule has 1 N–H and O–H groups in total. The Morgan fingerprint density at radius 3 is 2.56 bits per heavy atom. The van der Waals surface area contributed by atoms with Crippen molar-refractivity contribution in [2.45, 2.75) is 18.7 Å². The van der Waals surface area contributed by atoms with Crippen LogP contribution >= 0.6 is 27.5 Å². The molecule has 0 radical (unpaired) electrons. The van der Waals surface area contributed by atoms with Gasteiger partial charge in [0.05, 0.1) is 10.6 Å². The second-order valence-electron chi connectivity index (χ2n) is 5.03. The van der Waals surface area contributed by atoms with E-state index in [1.54, 1.807) is 26.0 Å². The van der Waals surface area contributed by atoms with Gasteiger partial charge in [0, 0.05) is 29.3 Å². The van der Waals surface area contributed by atoms with Crippen LogP contribution in [0.1, 0.15) is 24.2 Å². The minimum Gasteiger partial charge on any atom is -0.319 e. The number of halogens is 2. The molecular weight excluding hydrogens is 430 g/mol. The van der Waals surface area contributed by atoms with Gasteiger partial charge in [0.25, 0.3) is 5.91 Å². The number of aromatic nitrogens is 1. The first-order valence-electron chi connectivity index (χ1n) is 7.52. The second-order valence-corrected chi connectivity index (χ2v) is 8.15. The Labute approximate surface area is 160 Å². The van der Waals surface area contributed by atoms with Crippen LogP contribution in [0, 0.1) is 0 Å². The number of nitrogens with zero attached hydrogens (tertiary/aromatic N) is 2. The molecule has 0 aliphatic carbocycles. The third-order valence-corrected chi connectivity index (χ3v) is 6.87. The lowest BCUT2D eigenvalue weighted by atomic mass is 10.2. The molecule has 2 rings (SSSR count). The summed E-state index contributed by atoms with van der Waals surface area (Å²) in [5.41, 5.74) is 0.555. The molecular formula is C16H17BrClN3O3S. The first-order chi connectivity index (χ1) is 11.8. The minimum absolute atomic E-state index is 0.0427. The number of anilines is 1. The predicted molar refractivity (Wildman–Crippen MR) is 101 cm³/mol. The summed E-state index contributed by atoms with van der Waals surface area (Å²) in [5.74, 6) is -0.474. The van der Waals surface area contributed by atoms with E-state index in [0.717, 1.165) is 0 Å². The highest BCUT2D eigenvalue weighted by atomic mass is 79.9. The number of pyridine rings is 1. The number of hydrogen-bond acceptors (Lipinski definition) is 4. The zero-order valence-electron chi connectivity index (χ0n) is 13.7. The van der Waals surface area contributed by atoms with Crippen molar-refractivity contribution in [3.63, 3.8) is 0 Å². The van der Waals surface area contributed by atoms with Crippen LogP contribution in [0.2, 0.25) is 5.15 Å². The van der Waals surface area contributed by atoms with Crippen molar-refractivity contribution in [1.29, 1.82) is 0 Å². The summed E-state index contributed by atoms with van der Waals surface area (Å²) in [6.07, 6.45) is 1.51. The Hall–Kier alpha value is -1.48. The molecule has 0 saturated heterocycles. The maximum Gasteiger partial charge on any atom is 0.255 e. The van der Waals surface area contributed by atoms with Gasteiger partial charge < -0.3 is 5.32 Å². The number of carbonyl (C=O) groups is 1. The molecule has 0 saturated carbocycles. The fraction of sp³-hybridized carbons (Fsp3) is 0.250. The zero-order valence-corrected chi connectivity index (χ0v) is 16.8. The first kappa shape index (κ1) is 19.8. The smallest absolute Gasteiger partial charge is 0.255 e. The molecule has 0 bridgehead atoms. The monoisotopic (exact) mass is 445 g/mol. The standard InChI is InChI=1S/C16H17BrClN3O3S/c1-3-21(4-2)25(23,24)14-10-11(7-8-12(14)17)16(22)20-13-6-5-9-19-15(13)18/h5-10H,3-4H2,1-2H3,(H,20,22). The van der Waals surface area contributed by atoms with Crippen molar-refractivity contribution in [3.8, 4) is 0 Å². The number of nitrogens with one attached hydrogen (secondary N) is 1. The normalized spacial score (nSPS) is 11.6. The van der Waals surface area contributed by atoms with Crippen LogP contribution in [0.15, 0.2) is 45.9 Å². The highest BCUT2D eigenvalue weighted by Gasteiger charge is 2.25. The number of carbonyl (C=O) groups excluding carboxylic acids is 1. The van der Waals surface area contributed by atoms with Gasteiger partial charge in [0.2, 0.25) is 10.0 Å². The largest absolute Gasteiger partial charge is 0.319 e. The van der Waals surface area contributed by atoms with Crippen molar-refractivity contribution in [1.82, 2.24) is 9.29 Å². The fourth-order valence-corrected chi connectivity index (χ4v) is 4.79. The van der Waals surface area contributed by atoms with E-state index in [1.807, 2.05) is 0 Å². The summed E-state index contributed by atoms with van der Waals surface area (Å²) in [6.45, 7) is 4.20. The molecule has 2 aromatic rings. The SMILES string of the molecule is CCN(CC)S(=O)(=O)c1cc(C(=O)Nc2cccnc2Cl)ccc1Br. The van der Waals surface area contributed by atoms with Crippen molar-refractivity contribution >= 4 is 49.1 Å². The third-order valence-electron chi connectivity index (χ3n) is 3.52. The molecule has 0 atom stereocenters. The van der Waals surface area contributed by atoms with E-state index < -0.39 is 15.9 Å². The molecule has 0 aliphatic rings. The zero-order chi connectivity index (χ0) is 18.6. The highest BCUT2D eigenvalue weighted by Crippen LogP contribution is 2.27. The molecule has 9 heteroatoms. The lowest BCUT2D eigenvalue weighted by Crippen LogP contribution is -2.31. The van der Waals surface area contributed by atoms with E-state index in [9.17, 15) is 13.2 Å². The van der Waals surface area contributed by atoms with Crippen molar-refractivity contribution in [3.05, 3.63) is 51.7 Å². The average molecular weight is 447 g/mol. The molecule has 0 unspecified atom stereocenters. The van der Waals surface area contributed by atoms with Gasteiger partial charge in [-0.1, -0.05) is 25.4 Å². The lowest BCUT2D eigenvalue weighted by Gasteiger charge is -2.19. The number of amides is 1. The Kier molecular flexibility index (Phi) is 6.56. The Morgan fingerprint density at radius 1 is 1.28 bits per heavy atom. The number of benzene rings is 1. The molecule has 1 heterocycles. The molecule has 0 aliphatic heterocycles. The second kappa shape index (κ2) is 8.27. The Morgan fingerprint density at radius 2 is 1.96 bits per heavy atom. The van der Waals surface area contributed by atoms with Crippen LogP contribution in [-0.4, -0.2) is 36.7 Å². The molecule has 0 spiro atoms. The summed E-state index contributed by atoms with van der Waals surface area (Å²) in [5, 5.41) is 2.78. The maximum absolute atomic E-state index is 12.7. The molecule has 1 aromatic heterocycles. The van der Waals surface area contributed by atoms with Crippen molar-refractivity contribution in [2.24, 2.45) is 0 Å². The van der Waals surface area contributed by atoms with Crippen LogP contribution in [0.3, 0.4) is 0 Å². The average Bonchev–Trinajstić information content (AvgIpc) is 2.58. The van der Waals surface area contributed by atoms with Gasteiger partial charge in [0.1, 0.15) is 0 Å². The molecule has 0 fully saturated rings. The third kappa shape index (κ3) is 4.38. The van der Waals surface area contributed by atoms with Crippen molar-refractivity contribution < 1.29 is 13.2 Å². The van der Waals surface area contributed by atoms with Crippen LogP contribution in [0.5, 0.6) is 0 Å². The van der Waals surface area contributed by atoms with Gasteiger partial charge in [-0.3, -0.25) is 4.79 Å². The van der Waals surface area contributed by atoms with Gasteiger partial charge in [-0.05, 0) is 46.3 Å². The van der Waals surface area contributed by atoms with Gasteiger partial charge in [0.15, 0.2) is 5.15 Å². The predicted octanol–water partition coefficient (Wildman–Crippen LogP) is 3.78. The molecule has 1 aromatic carbocycles. The number of hydrogen-bond donors (Lipinski definition) is 1. The highest BCUT2D eigenvalue weighted by molar-refractivity contribution is 9.10. The van der Waals surface area contributed by atoms with Crippen LogP contribution < -0.4 is 5.32 Å². The number of rotatable bonds is 6.